The van der Waals surface area contributed by atoms with Gasteiger partial charge in [0.05, 0.1) is 6.10 Å². The second kappa shape index (κ2) is 33.2. The smallest absolute Gasteiger partial charge is 0.305 e. The molecule has 0 saturated carbocycles. The van der Waals surface area contributed by atoms with Gasteiger partial charge in [-0.2, -0.15) is 0 Å². The first-order valence-corrected chi connectivity index (χ1v) is 18.1. The molecule has 0 heterocycles. The molecule has 260 valence electrons. The highest BCUT2D eigenvalue weighted by Crippen LogP contribution is 2.14. The number of aliphatic hydroxyl groups is 2. The number of unbranched alkanes of at least 4 members (excludes halogenated alkanes) is 11. The highest BCUT2D eigenvalue weighted by molar-refractivity contribution is 5.69. The van der Waals surface area contributed by atoms with Crippen LogP contribution in [0.5, 0.6) is 0 Å². The molecule has 0 unspecified atom stereocenters. The summed E-state index contributed by atoms with van der Waals surface area (Å²) in [5.74, 6) is 0.173. The van der Waals surface area contributed by atoms with E-state index in [1.165, 1.54) is 51.4 Å². The Morgan fingerprint density at radius 3 is 1.38 bits per heavy atom. The van der Waals surface area contributed by atoms with Gasteiger partial charge in [-0.05, 0) is 70.6 Å². The van der Waals surface area contributed by atoms with E-state index in [2.05, 4.69) is 62.5 Å². The molecule has 0 aliphatic carbocycles. The Hall–Kier alpha value is -2.18. The molecule has 2 N–H and O–H groups in total. The Morgan fingerprint density at radius 1 is 0.511 bits per heavy atom. The molecule has 2 atom stereocenters. The summed E-state index contributed by atoms with van der Waals surface area (Å²) < 4.78 is 10.3. The molecular formula is C39H68O6. The number of hydrogen-bond donors (Lipinski definition) is 2. The topological polar surface area (TPSA) is 93.1 Å². The van der Waals surface area contributed by atoms with Crippen LogP contribution in [0.15, 0.2) is 48.6 Å². The van der Waals surface area contributed by atoms with Crippen molar-refractivity contribution < 1.29 is 29.3 Å². The molecule has 6 nitrogen and oxygen atoms in total. The van der Waals surface area contributed by atoms with Crippen molar-refractivity contribution >= 4 is 11.9 Å². The van der Waals surface area contributed by atoms with E-state index < -0.39 is 6.10 Å². The van der Waals surface area contributed by atoms with E-state index in [-0.39, 0.29) is 31.3 Å². The molecular weight excluding hydrogens is 564 g/mol. The van der Waals surface area contributed by atoms with Gasteiger partial charge in [-0.1, -0.05) is 127 Å². The summed E-state index contributed by atoms with van der Waals surface area (Å²) in [6.07, 6.45) is 37.3. The summed E-state index contributed by atoms with van der Waals surface area (Å²) in [5.41, 5.74) is 0. The van der Waals surface area contributed by atoms with Crippen LogP contribution in [-0.2, 0) is 19.1 Å². The number of hydrogen-bond acceptors (Lipinski definition) is 6. The number of carbonyl (C=O) groups is 2. The third-order valence-corrected chi connectivity index (χ3v) is 7.51. The van der Waals surface area contributed by atoms with Crippen LogP contribution in [0.4, 0.5) is 0 Å². The van der Waals surface area contributed by atoms with Crippen molar-refractivity contribution in [3.63, 3.8) is 0 Å². The van der Waals surface area contributed by atoms with E-state index in [0.717, 1.165) is 70.1 Å². The van der Waals surface area contributed by atoms with Crippen LogP contribution in [0.2, 0.25) is 0 Å². The zero-order chi connectivity index (χ0) is 33.2. The van der Waals surface area contributed by atoms with Crippen molar-refractivity contribution in [1.82, 2.24) is 0 Å². The first-order chi connectivity index (χ1) is 21.8. The number of carbonyl (C=O) groups excluding carboxylic acids is 2. The predicted molar refractivity (Wildman–Crippen MR) is 188 cm³/mol. The molecule has 0 spiro atoms. The number of aliphatic hydroxyl groups excluding tert-OH is 2. The van der Waals surface area contributed by atoms with E-state index in [0.29, 0.717) is 19.3 Å². The fraction of sp³-hybridized carbons (Fsp3) is 0.744. The van der Waals surface area contributed by atoms with Crippen LogP contribution < -0.4 is 0 Å². The largest absolute Gasteiger partial charge is 0.463 e. The molecule has 0 aliphatic rings. The second-order valence-corrected chi connectivity index (χ2v) is 12.8. The molecule has 0 aromatic heterocycles. The second-order valence-electron chi connectivity index (χ2n) is 12.8. The van der Waals surface area contributed by atoms with Crippen molar-refractivity contribution in [3.05, 3.63) is 48.6 Å². The fourth-order valence-corrected chi connectivity index (χ4v) is 4.75. The average molecular weight is 633 g/mol. The molecule has 0 saturated heterocycles. The van der Waals surface area contributed by atoms with Gasteiger partial charge in [-0.25, -0.2) is 0 Å². The minimum atomic E-state index is -0.993. The summed E-state index contributed by atoms with van der Waals surface area (Å²) >= 11 is 0. The van der Waals surface area contributed by atoms with Gasteiger partial charge >= 0.3 is 11.9 Å². The van der Waals surface area contributed by atoms with E-state index in [4.69, 9.17) is 9.47 Å². The molecule has 0 bridgehead atoms. The number of ether oxygens (including phenoxy) is 2. The number of allylic oxidation sites excluding steroid dienone is 8. The van der Waals surface area contributed by atoms with Crippen LogP contribution in [-0.4, -0.2) is 47.6 Å². The lowest BCUT2D eigenvalue weighted by atomic mass is 10.0. The van der Waals surface area contributed by atoms with Crippen molar-refractivity contribution in [3.8, 4) is 0 Å². The van der Waals surface area contributed by atoms with E-state index in [9.17, 15) is 19.8 Å². The standard InChI is InChI=1S/C39H68O6/c1-35(2)29-25-21-17-13-11-12-16-20-24-28-32-39(43)45-34-37(41)33-44-38(42)31-27-23-19-15-10-8-6-4-5-7-9-14-18-22-26-30-36(3)40/h5-8,14-15,18-19,35-37,40-41H,4,9-13,16-17,20-34H2,1-3H3/b7-5-,8-6-,18-14-,19-15-/t36-,37-/m1/s1. The Balaban J connectivity index is 3.57. The van der Waals surface area contributed by atoms with Crippen LogP contribution in [0, 0.1) is 5.92 Å². The lowest BCUT2D eigenvalue weighted by molar-refractivity contribution is -0.152. The van der Waals surface area contributed by atoms with Gasteiger partial charge in [0, 0.05) is 12.8 Å². The highest BCUT2D eigenvalue weighted by Gasteiger charge is 2.12. The third-order valence-electron chi connectivity index (χ3n) is 7.51. The zero-order valence-corrected chi connectivity index (χ0v) is 29.1. The van der Waals surface area contributed by atoms with E-state index >= 15 is 0 Å². The Labute approximate surface area is 276 Å². The van der Waals surface area contributed by atoms with Crippen LogP contribution in [0.25, 0.3) is 0 Å². The Bertz CT molecular complexity index is 795. The molecule has 0 fully saturated rings. The van der Waals surface area contributed by atoms with E-state index in [1.54, 1.807) is 0 Å². The Morgan fingerprint density at radius 2 is 0.911 bits per heavy atom. The maximum absolute atomic E-state index is 11.9. The summed E-state index contributed by atoms with van der Waals surface area (Å²) in [6, 6.07) is 0. The van der Waals surface area contributed by atoms with Crippen LogP contribution in [0.3, 0.4) is 0 Å². The van der Waals surface area contributed by atoms with Gasteiger partial charge in [-0.3, -0.25) is 9.59 Å². The van der Waals surface area contributed by atoms with Gasteiger partial charge in [0.1, 0.15) is 19.3 Å². The molecule has 45 heavy (non-hydrogen) atoms. The Kier molecular flexibility index (Phi) is 31.6. The van der Waals surface area contributed by atoms with Gasteiger partial charge in [0.15, 0.2) is 0 Å². The fourth-order valence-electron chi connectivity index (χ4n) is 4.75. The molecule has 0 aromatic rings. The van der Waals surface area contributed by atoms with Crippen molar-refractivity contribution in [2.75, 3.05) is 13.2 Å². The lowest BCUT2D eigenvalue weighted by Crippen LogP contribution is -2.25. The lowest BCUT2D eigenvalue weighted by Gasteiger charge is -2.12. The van der Waals surface area contributed by atoms with Crippen molar-refractivity contribution in [2.24, 2.45) is 5.92 Å². The summed E-state index contributed by atoms with van der Waals surface area (Å²) in [7, 11) is 0. The SMILES string of the molecule is CC(C)CCCCCCCCCCCCC(=O)OC[C@H](O)COC(=O)CCC/C=C\C/C=C\C/C=C\C/C=C\CCC[C@@H](C)O. The number of esters is 2. The monoisotopic (exact) mass is 633 g/mol. The average Bonchev–Trinajstić information content (AvgIpc) is 3.00. The third kappa shape index (κ3) is 36.2. The maximum atomic E-state index is 11.9. The van der Waals surface area contributed by atoms with Gasteiger partial charge < -0.3 is 19.7 Å². The van der Waals surface area contributed by atoms with Crippen LogP contribution in [0.1, 0.15) is 156 Å². The van der Waals surface area contributed by atoms with Crippen molar-refractivity contribution in [2.45, 2.75) is 168 Å². The number of rotatable bonds is 31. The molecule has 0 radical (unpaired) electrons. The molecule has 0 aromatic carbocycles. The van der Waals surface area contributed by atoms with E-state index in [1.807, 2.05) is 6.92 Å². The van der Waals surface area contributed by atoms with Gasteiger partial charge in [0.2, 0.25) is 0 Å². The van der Waals surface area contributed by atoms with Crippen LogP contribution >= 0.6 is 0 Å². The molecule has 0 amide bonds. The quantitative estimate of drug-likeness (QED) is 0.0449. The molecule has 6 heteroatoms. The minimum Gasteiger partial charge on any atom is -0.463 e. The molecule has 0 rings (SSSR count). The highest BCUT2D eigenvalue weighted by atomic mass is 16.6. The predicted octanol–water partition coefficient (Wildman–Crippen LogP) is 9.89. The first kappa shape index (κ1) is 42.8. The summed E-state index contributed by atoms with van der Waals surface area (Å²) in [5, 5.41) is 19.2. The minimum absolute atomic E-state index is 0.141. The van der Waals surface area contributed by atoms with Crippen molar-refractivity contribution in [1.29, 1.82) is 0 Å². The molecule has 0 aliphatic heterocycles. The van der Waals surface area contributed by atoms with Gasteiger partial charge in [-0.15, -0.1) is 0 Å². The zero-order valence-electron chi connectivity index (χ0n) is 29.1. The normalized spacial score (nSPS) is 13.6. The first-order valence-electron chi connectivity index (χ1n) is 18.1. The summed E-state index contributed by atoms with van der Waals surface area (Å²) in [6.45, 7) is 6.11. The van der Waals surface area contributed by atoms with Gasteiger partial charge in [0.25, 0.3) is 0 Å². The maximum Gasteiger partial charge on any atom is 0.305 e. The summed E-state index contributed by atoms with van der Waals surface area (Å²) in [4.78, 5) is 23.8.